The number of sulfonamides is 1. The number of benzene rings is 2. The van der Waals surface area contributed by atoms with Gasteiger partial charge in [-0.2, -0.15) is 9.40 Å². The Balaban J connectivity index is 1.37. The highest BCUT2D eigenvalue weighted by molar-refractivity contribution is 7.89. The number of nitrogens with one attached hydrogen (secondary N) is 1. The second-order valence-corrected chi connectivity index (χ2v) is 10.1. The molecule has 5 rings (SSSR count). The van der Waals surface area contributed by atoms with Gasteiger partial charge in [-0.3, -0.25) is 14.9 Å². The first-order valence-electron chi connectivity index (χ1n) is 10.4. The van der Waals surface area contributed by atoms with E-state index >= 15 is 0 Å². The van der Waals surface area contributed by atoms with Gasteiger partial charge in [-0.15, -0.1) is 0 Å². The molecule has 2 aromatic heterocycles. The van der Waals surface area contributed by atoms with Gasteiger partial charge in [-0.25, -0.2) is 8.42 Å². The zero-order valence-electron chi connectivity index (χ0n) is 17.9. The van der Waals surface area contributed by atoms with Crippen molar-refractivity contribution in [3.05, 3.63) is 65.5 Å². The normalized spacial score (nSPS) is 15.5. The Kier molecular flexibility index (Phi) is 4.94. The quantitative estimate of drug-likeness (QED) is 0.519. The highest BCUT2D eigenvalue weighted by Gasteiger charge is 2.32. The summed E-state index contributed by atoms with van der Waals surface area (Å²) >= 11 is 0. The van der Waals surface area contributed by atoms with Crippen LogP contribution in [0.3, 0.4) is 0 Å². The van der Waals surface area contributed by atoms with Crippen LogP contribution in [0.2, 0.25) is 0 Å². The molecular formula is C23H23N5O3S. The van der Waals surface area contributed by atoms with E-state index in [4.69, 9.17) is 0 Å². The molecule has 4 aromatic rings. The summed E-state index contributed by atoms with van der Waals surface area (Å²) in [5, 5.41) is 8.68. The van der Waals surface area contributed by atoms with Gasteiger partial charge in [0, 0.05) is 43.1 Å². The van der Waals surface area contributed by atoms with Crippen molar-refractivity contribution >= 4 is 37.7 Å². The predicted octanol–water partition coefficient (Wildman–Crippen LogP) is 2.87. The lowest BCUT2D eigenvalue weighted by molar-refractivity contribution is 0.0694. The van der Waals surface area contributed by atoms with Gasteiger partial charge >= 0.3 is 0 Å². The Morgan fingerprint density at radius 3 is 2.56 bits per heavy atom. The van der Waals surface area contributed by atoms with E-state index in [1.165, 1.54) is 4.31 Å². The largest absolute Gasteiger partial charge is 0.335 e. The van der Waals surface area contributed by atoms with Crippen molar-refractivity contribution in [2.75, 3.05) is 26.2 Å². The first-order valence-corrected chi connectivity index (χ1v) is 11.9. The number of nitrogens with zero attached hydrogens (tertiary/aromatic N) is 4. The molecule has 32 heavy (non-hydrogen) atoms. The molecule has 1 fully saturated rings. The predicted molar refractivity (Wildman–Crippen MR) is 122 cm³/mol. The molecule has 1 aliphatic rings. The molecule has 164 valence electrons. The molecule has 0 unspecified atom stereocenters. The standard InChI is InChI=1S/C23H23N5O3S/c1-15-6-7-19-18(13-15)22(26-25-19)23(29)27-8-10-28(11-9-27)32(30,31)20-5-3-4-17-12-16(2)14-24-21(17)20/h3-7,12-14H,8-11H2,1-2H3,(H,25,26). The van der Waals surface area contributed by atoms with Gasteiger partial charge in [-0.05, 0) is 43.7 Å². The monoisotopic (exact) mass is 449 g/mol. The molecular weight excluding hydrogens is 426 g/mol. The first kappa shape index (κ1) is 20.6. The third-order valence-electron chi connectivity index (χ3n) is 5.88. The number of amides is 1. The summed E-state index contributed by atoms with van der Waals surface area (Å²) in [5.74, 6) is -0.193. The molecule has 3 heterocycles. The van der Waals surface area contributed by atoms with Crippen molar-refractivity contribution < 1.29 is 13.2 Å². The average Bonchev–Trinajstić information content (AvgIpc) is 3.21. The fourth-order valence-electron chi connectivity index (χ4n) is 4.16. The highest BCUT2D eigenvalue weighted by atomic mass is 32.2. The molecule has 0 radical (unpaired) electrons. The Morgan fingerprint density at radius 1 is 1.00 bits per heavy atom. The summed E-state index contributed by atoms with van der Waals surface area (Å²) in [5.41, 5.74) is 3.66. The van der Waals surface area contributed by atoms with Gasteiger partial charge in [0.2, 0.25) is 10.0 Å². The van der Waals surface area contributed by atoms with Crippen LogP contribution in [-0.4, -0.2) is 64.9 Å². The SMILES string of the molecule is Cc1cnc2c(S(=O)(=O)N3CCN(C(=O)c4n[nH]c5ccc(C)cc45)CC3)cccc2c1. The number of aromatic amines is 1. The first-order chi connectivity index (χ1) is 15.3. The fourth-order valence-corrected chi connectivity index (χ4v) is 5.75. The van der Waals surface area contributed by atoms with Gasteiger partial charge in [0.15, 0.2) is 5.69 Å². The van der Waals surface area contributed by atoms with E-state index in [0.717, 1.165) is 27.4 Å². The van der Waals surface area contributed by atoms with Crippen molar-refractivity contribution in [3.63, 3.8) is 0 Å². The third-order valence-corrected chi connectivity index (χ3v) is 7.81. The molecule has 9 heteroatoms. The lowest BCUT2D eigenvalue weighted by Gasteiger charge is -2.33. The third kappa shape index (κ3) is 3.43. The molecule has 1 N–H and O–H groups in total. The molecule has 0 saturated carbocycles. The van der Waals surface area contributed by atoms with Crippen LogP contribution in [0.5, 0.6) is 0 Å². The van der Waals surface area contributed by atoms with Crippen LogP contribution < -0.4 is 0 Å². The van der Waals surface area contributed by atoms with Gasteiger partial charge in [-0.1, -0.05) is 23.8 Å². The van der Waals surface area contributed by atoms with Crippen molar-refractivity contribution in [2.45, 2.75) is 18.7 Å². The minimum Gasteiger partial charge on any atom is -0.335 e. The van der Waals surface area contributed by atoms with Gasteiger partial charge in [0.1, 0.15) is 4.90 Å². The molecule has 0 atom stereocenters. The number of hydrogen-bond acceptors (Lipinski definition) is 5. The molecule has 1 saturated heterocycles. The van der Waals surface area contributed by atoms with Crippen LogP contribution in [0.25, 0.3) is 21.8 Å². The molecule has 0 aliphatic carbocycles. The number of hydrogen-bond donors (Lipinski definition) is 1. The summed E-state index contributed by atoms with van der Waals surface area (Å²) in [7, 11) is -3.73. The molecule has 1 amide bonds. The van der Waals surface area contributed by atoms with E-state index < -0.39 is 10.0 Å². The maximum absolute atomic E-state index is 13.4. The summed E-state index contributed by atoms with van der Waals surface area (Å²) < 4.78 is 28.2. The molecule has 0 spiro atoms. The summed E-state index contributed by atoms with van der Waals surface area (Å²) in [4.78, 5) is 19.3. The van der Waals surface area contributed by atoms with E-state index in [1.54, 1.807) is 23.2 Å². The van der Waals surface area contributed by atoms with Crippen molar-refractivity contribution in [3.8, 4) is 0 Å². The van der Waals surface area contributed by atoms with Crippen molar-refractivity contribution in [1.29, 1.82) is 0 Å². The maximum atomic E-state index is 13.4. The number of aromatic nitrogens is 3. The van der Waals surface area contributed by atoms with Crippen LogP contribution in [0, 0.1) is 13.8 Å². The van der Waals surface area contributed by atoms with Crippen LogP contribution in [0.15, 0.2) is 53.6 Å². The van der Waals surface area contributed by atoms with Crippen LogP contribution in [0.4, 0.5) is 0 Å². The van der Waals surface area contributed by atoms with Crippen molar-refractivity contribution in [2.24, 2.45) is 0 Å². The number of carbonyl (C=O) groups is 1. The topological polar surface area (TPSA) is 99.3 Å². The summed E-state index contributed by atoms with van der Waals surface area (Å²) in [6.45, 7) is 4.93. The van der Waals surface area contributed by atoms with E-state index in [9.17, 15) is 13.2 Å². The minimum atomic E-state index is -3.73. The van der Waals surface area contributed by atoms with Gasteiger partial charge in [0.05, 0.1) is 11.0 Å². The number of pyridine rings is 1. The minimum absolute atomic E-state index is 0.193. The number of piperazine rings is 1. The van der Waals surface area contributed by atoms with Crippen LogP contribution in [-0.2, 0) is 10.0 Å². The lowest BCUT2D eigenvalue weighted by Crippen LogP contribution is -2.50. The number of para-hydroxylation sites is 1. The number of rotatable bonds is 3. The van der Waals surface area contributed by atoms with E-state index in [2.05, 4.69) is 15.2 Å². The van der Waals surface area contributed by atoms with Crippen LogP contribution in [0.1, 0.15) is 21.6 Å². The fraction of sp³-hybridized carbons (Fsp3) is 0.261. The Hall–Kier alpha value is -3.30. The Morgan fingerprint density at radius 2 is 1.78 bits per heavy atom. The van der Waals surface area contributed by atoms with E-state index in [0.29, 0.717) is 24.3 Å². The Bertz CT molecular complexity index is 1450. The maximum Gasteiger partial charge on any atom is 0.275 e. The second kappa shape index (κ2) is 7.68. The zero-order chi connectivity index (χ0) is 22.5. The van der Waals surface area contributed by atoms with Gasteiger partial charge < -0.3 is 4.90 Å². The van der Waals surface area contributed by atoms with E-state index in [-0.39, 0.29) is 23.9 Å². The molecule has 8 nitrogen and oxygen atoms in total. The number of carbonyl (C=O) groups excluding carboxylic acids is 1. The molecule has 1 aliphatic heterocycles. The summed E-state index contributed by atoms with van der Waals surface area (Å²) in [6, 6.07) is 12.9. The van der Waals surface area contributed by atoms with E-state index in [1.807, 2.05) is 44.2 Å². The second-order valence-electron chi connectivity index (χ2n) is 8.16. The smallest absolute Gasteiger partial charge is 0.275 e. The summed E-state index contributed by atoms with van der Waals surface area (Å²) in [6.07, 6.45) is 1.67. The average molecular weight is 450 g/mol. The number of fused-ring (bicyclic) bond motifs is 2. The van der Waals surface area contributed by atoms with Gasteiger partial charge in [0.25, 0.3) is 5.91 Å². The Labute approximate surface area is 185 Å². The number of H-pyrrole nitrogens is 1. The molecule has 2 aromatic carbocycles. The number of aryl methyl sites for hydroxylation is 2. The molecule has 0 bridgehead atoms. The zero-order valence-corrected chi connectivity index (χ0v) is 18.7. The van der Waals surface area contributed by atoms with Crippen LogP contribution >= 0.6 is 0 Å². The lowest BCUT2D eigenvalue weighted by atomic mass is 10.1. The van der Waals surface area contributed by atoms with Crippen molar-refractivity contribution in [1.82, 2.24) is 24.4 Å². The highest BCUT2D eigenvalue weighted by Crippen LogP contribution is 2.26.